The van der Waals surface area contributed by atoms with E-state index in [1.165, 1.54) is 11.0 Å². The molecular weight excluding hydrogens is 387 g/mol. The van der Waals surface area contributed by atoms with Crippen molar-refractivity contribution in [1.82, 2.24) is 5.32 Å². The zero-order valence-electron chi connectivity index (χ0n) is 15.0. The third-order valence-corrected chi connectivity index (χ3v) is 4.63. The summed E-state index contributed by atoms with van der Waals surface area (Å²) in [6.07, 6.45) is 0. The van der Waals surface area contributed by atoms with Crippen molar-refractivity contribution in [1.29, 1.82) is 0 Å². The van der Waals surface area contributed by atoms with Crippen molar-refractivity contribution in [2.24, 2.45) is 4.99 Å². The molecule has 146 valence electrons. The van der Waals surface area contributed by atoms with E-state index in [0.717, 1.165) is 0 Å². The lowest BCUT2D eigenvalue weighted by Gasteiger charge is -2.21. The zero-order chi connectivity index (χ0) is 20.3. The number of halogens is 2. The van der Waals surface area contributed by atoms with Crippen molar-refractivity contribution in [3.63, 3.8) is 0 Å². The van der Waals surface area contributed by atoms with Crippen molar-refractivity contribution in [3.05, 3.63) is 58.4 Å². The van der Waals surface area contributed by atoms with E-state index < -0.39 is 11.8 Å². The molecule has 1 aliphatic heterocycles. The first-order valence-electron chi connectivity index (χ1n) is 8.48. The van der Waals surface area contributed by atoms with E-state index in [4.69, 9.17) is 16.7 Å². The van der Waals surface area contributed by atoms with Crippen molar-refractivity contribution >= 4 is 40.6 Å². The second-order valence-corrected chi connectivity index (χ2v) is 6.40. The van der Waals surface area contributed by atoms with Crippen LogP contribution in [0.5, 0.6) is 0 Å². The largest absolute Gasteiger partial charge is 0.395 e. The molecule has 2 aromatic rings. The van der Waals surface area contributed by atoms with Gasteiger partial charge in [0, 0.05) is 24.7 Å². The van der Waals surface area contributed by atoms with Gasteiger partial charge in [-0.3, -0.25) is 9.79 Å². The number of benzene rings is 2. The van der Waals surface area contributed by atoms with Crippen LogP contribution in [0.15, 0.2) is 41.4 Å². The summed E-state index contributed by atoms with van der Waals surface area (Å²) in [7, 11) is 1.58. The van der Waals surface area contributed by atoms with Crippen LogP contribution in [-0.2, 0) is 4.79 Å². The van der Waals surface area contributed by atoms with Crippen LogP contribution in [0.25, 0.3) is 0 Å². The summed E-state index contributed by atoms with van der Waals surface area (Å²) in [6, 6.07) is 8.67. The number of nitrogens with zero attached hydrogens (tertiary/aromatic N) is 2. The number of amides is 3. The lowest BCUT2D eigenvalue weighted by Crippen LogP contribution is -2.31. The highest BCUT2D eigenvalue weighted by molar-refractivity contribution is 6.40. The molecule has 0 bridgehead atoms. The van der Waals surface area contributed by atoms with Gasteiger partial charge in [0.05, 0.1) is 28.7 Å². The predicted molar refractivity (Wildman–Crippen MR) is 106 cm³/mol. The Kier molecular flexibility index (Phi) is 5.91. The van der Waals surface area contributed by atoms with Gasteiger partial charge in [-0.2, -0.15) is 0 Å². The second kappa shape index (κ2) is 8.37. The zero-order valence-corrected chi connectivity index (χ0v) is 15.8. The number of hydrogen-bond donors (Lipinski definition) is 3. The lowest BCUT2D eigenvalue weighted by atomic mass is 9.99. The van der Waals surface area contributed by atoms with Crippen LogP contribution < -0.4 is 15.5 Å². The number of nitrogens with one attached hydrogen (secondary N) is 2. The van der Waals surface area contributed by atoms with E-state index in [9.17, 15) is 14.0 Å². The molecule has 2 aromatic carbocycles. The molecule has 0 atom stereocenters. The molecule has 0 aromatic heterocycles. The van der Waals surface area contributed by atoms with Crippen LogP contribution in [0.3, 0.4) is 0 Å². The number of carbonyl (C=O) groups excluding carboxylic acids is 2. The summed E-state index contributed by atoms with van der Waals surface area (Å²) < 4.78 is 14.5. The summed E-state index contributed by atoms with van der Waals surface area (Å²) in [6.45, 7) is -0.291. The Hall–Kier alpha value is -2.97. The quantitative estimate of drug-likeness (QED) is 0.730. The van der Waals surface area contributed by atoms with Crippen LogP contribution in [0.1, 0.15) is 11.1 Å². The molecule has 0 unspecified atom stereocenters. The number of anilines is 2. The number of rotatable bonds is 4. The van der Waals surface area contributed by atoms with Gasteiger partial charge < -0.3 is 20.6 Å². The SMILES string of the molecule is CN1C(=O)CN=C(c2ccccc2F)c2c1ccc(NC(=O)NCCO)c2Cl. The van der Waals surface area contributed by atoms with Crippen LogP contribution in [0.4, 0.5) is 20.6 Å². The van der Waals surface area contributed by atoms with E-state index >= 15 is 0 Å². The third-order valence-electron chi connectivity index (χ3n) is 4.24. The maximum Gasteiger partial charge on any atom is 0.319 e. The normalized spacial score (nSPS) is 13.5. The number of aliphatic imine (C=N–C) groups is 1. The molecule has 0 radical (unpaired) electrons. The average molecular weight is 405 g/mol. The Bertz CT molecular complexity index is 964. The van der Waals surface area contributed by atoms with Crippen LogP contribution in [0, 0.1) is 5.82 Å². The number of urea groups is 1. The van der Waals surface area contributed by atoms with E-state index in [1.54, 1.807) is 37.4 Å². The molecule has 0 aliphatic carbocycles. The van der Waals surface area contributed by atoms with Gasteiger partial charge >= 0.3 is 6.03 Å². The standard InChI is InChI=1S/C19H18ClFN4O3/c1-25-14-7-6-13(24-19(28)22-8-9-26)17(20)16(14)18(23-10-15(25)27)11-4-2-3-5-12(11)21/h2-7,26H,8-10H2,1H3,(H2,22,24,28). The summed E-state index contributed by atoms with van der Waals surface area (Å²) >= 11 is 6.55. The number of likely N-dealkylation sites (N-methyl/N-ethyl adjacent to an activating group) is 1. The Morgan fingerprint density at radius 3 is 2.79 bits per heavy atom. The summed E-state index contributed by atoms with van der Waals surface area (Å²) in [5.41, 5.74) is 1.50. The smallest absolute Gasteiger partial charge is 0.319 e. The predicted octanol–water partition coefficient (Wildman–Crippen LogP) is 2.41. The molecule has 3 rings (SSSR count). The molecule has 3 N–H and O–H groups in total. The summed E-state index contributed by atoms with van der Waals surface area (Å²) in [4.78, 5) is 29.9. The van der Waals surface area contributed by atoms with Crippen molar-refractivity contribution in [2.75, 3.05) is 37.0 Å². The lowest BCUT2D eigenvalue weighted by molar-refractivity contribution is -0.116. The van der Waals surface area contributed by atoms with Gasteiger partial charge in [-0.1, -0.05) is 23.7 Å². The molecule has 3 amide bonds. The van der Waals surface area contributed by atoms with Gasteiger partial charge in [0.2, 0.25) is 5.91 Å². The minimum Gasteiger partial charge on any atom is -0.395 e. The molecule has 7 nitrogen and oxygen atoms in total. The molecule has 1 aliphatic rings. The van der Waals surface area contributed by atoms with Crippen LogP contribution in [-0.4, -0.2) is 49.5 Å². The molecule has 0 spiro atoms. The number of benzodiazepines with no additional fused rings is 1. The molecule has 0 saturated carbocycles. The van der Waals surface area contributed by atoms with Crippen molar-refractivity contribution < 1.29 is 19.1 Å². The van der Waals surface area contributed by atoms with Gasteiger partial charge in [0.25, 0.3) is 0 Å². The minimum absolute atomic E-state index is 0.0770. The van der Waals surface area contributed by atoms with Gasteiger partial charge in [0.15, 0.2) is 0 Å². The maximum absolute atomic E-state index is 14.5. The molecule has 0 fully saturated rings. The van der Waals surface area contributed by atoms with Crippen molar-refractivity contribution in [2.45, 2.75) is 0 Å². The van der Waals surface area contributed by atoms with Gasteiger partial charge in [-0.25, -0.2) is 9.18 Å². The molecular formula is C19H18ClFN4O3. The van der Waals surface area contributed by atoms with E-state index in [1.807, 2.05) is 0 Å². The monoisotopic (exact) mass is 404 g/mol. The highest BCUT2D eigenvalue weighted by Crippen LogP contribution is 2.37. The fourth-order valence-corrected chi connectivity index (χ4v) is 3.14. The van der Waals surface area contributed by atoms with E-state index in [2.05, 4.69) is 15.6 Å². The Morgan fingerprint density at radius 1 is 1.32 bits per heavy atom. The topological polar surface area (TPSA) is 94.0 Å². The number of hydrogen-bond acceptors (Lipinski definition) is 4. The number of aliphatic hydroxyl groups is 1. The number of fused-ring (bicyclic) bond motifs is 1. The molecule has 0 saturated heterocycles. The van der Waals surface area contributed by atoms with Crippen molar-refractivity contribution in [3.8, 4) is 0 Å². The third kappa shape index (κ3) is 3.83. The second-order valence-electron chi connectivity index (χ2n) is 6.02. The fourth-order valence-electron chi connectivity index (χ4n) is 2.84. The molecule has 1 heterocycles. The van der Waals surface area contributed by atoms with Crippen LogP contribution >= 0.6 is 11.6 Å². The first kappa shape index (κ1) is 19.8. The van der Waals surface area contributed by atoms with E-state index in [-0.39, 0.29) is 47.6 Å². The highest BCUT2D eigenvalue weighted by atomic mass is 35.5. The van der Waals surface area contributed by atoms with Gasteiger partial charge in [-0.15, -0.1) is 0 Å². The number of aliphatic hydroxyl groups excluding tert-OH is 1. The van der Waals surface area contributed by atoms with Crippen LogP contribution in [0.2, 0.25) is 5.02 Å². The van der Waals surface area contributed by atoms with Gasteiger partial charge in [-0.05, 0) is 24.3 Å². The first-order chi connectivity index (χ1) is 13.4. The first-order valence-corrected chi connectivity index (χ1v) is 8.86. The average Bonchev–Trinajstić information content (AvgIpc) is 2.81. The Labute approximate surface area is 165 Å². The minimum atomic E-state index is -0.557. The number of carbonyl (C=O) groups is 2. The Morgan fingerprint density at radius 2 is 2.07 bits per heavy atom. The highest BCUT2D eigenvalue weighted by Gasteiger charge is 2.27. The Balaban J connectivity index is 2.13. The molecule has 28 heavy (non-hydrogen) atoms. The van der Waals surface area contributed by atoms with E-state index in [0.29, 0.717) is 11.3 Å². The summed E-state index contributed by atoms with van der Waals surface area (Å²) in [5.74, 6) is -0.774. The molecule has 9 heteroatoms. The fraction of sp³-hybridized carbons (Fsp3) is 0.211. The maximum atomic E-state index is 14.5. The summed E-state index contributed by atoms with van der Waals surface area (Å²) in [5, 5.41) is 14.0. The van der Waals surface area contributed by atoms with Gasteiger partial charge in [0.1, 0.15) is 12.4 Å².